The van der Waals surface area contributed by atoms with Crippen molar-refractivity contribution in [2.24, 2.45) is 4.99 Å². The molecule has 3 aromatic rings. The van der Waals surface area contributed by atoms with Crippen molar-refractivity contribution >= 4 is 40.1 Å². The zero-order chi connectivity index (χ0) is 22.8. The summed E-state index contributed by atoms with van der Waals surface area (Å²) >= 11 is 0. The quantitative estimate of drug-likeness (QED) is 0.305. The molecule has 0 bridgehead atoms. The molecule has 0 saturated carbocycles. The number of aliphatic imine (C=N–C) groups is 1. The van der Waals surface area contributed by atoms with E-state index in [4.69, 9.17) is 0 Å². The zero-order valence-electron chi connectivity index (χ0n) is 17.7. The van der Waals surface area contributed by atoms with Crippen molar-refractivity contribution in [3.8, 4) is 0 Å². The van der Waals surface area contributed by atoms with E-state index >= 15 is 0 Å². The van der Waals surface area contributed by atoms with Gasteiger partial charge in [0, 0.05) is 42.0 Å². The number of amides is 1. The Labute approximate surface area is 190 Å². The van der Waals surface area contributed by atoms with E-state index in [1.54, 1.807) is 6.07 Å². The molecule has 33 heavy (non-hydrogen) atoms. The average molecular weight is 439 g/mol. The van der Waals surface area contributed by atoms with Gasteiger partial charge in [-0.15, -0.1) is 0 Å². The number of non-ortho nitro benzene ring substituents is 1. The molecule has 3 N–H and O–H groups in total. The van der Waals surface area contributed by atoms with E-state index in [9.17, 15) is 14.9 Å². The molecule has 5 rings (SSSR count). The second-order valence-corrected chi connectivity index (χ2v) is 7.81. The summed E-state index contributed by atoms with van der Waals surface area (Å²) in [5.41, 5.74) is 4.67. The molecule has 164 valence electrons. The predicted octanol–water partition coefficient (Wildman–Crippen LogP) is 4.07. The van der Waals surface area contributed by atoms with Crippen molar-refractivity contribution in [3.63, 3.8) is 0 Å². The van der Waals surface area contributed by atoms with Gasteiger partial charge in [0.1, 0.15) is 5.84 Å². The van der Waals surface area contributed by atoms with E-state index < -0.39 is 4.92 Å². The number of nitrogens with one attached hydrogen (secondary N) is 3. The third kappa shape index (κ3) is 4.18. The normalized spacial score (nSPS) is 15.9. The van der Waals surface area contributed by atoms with Crippen molar-refractivity contribution in [3.05, 3.63) is 99.6 Å². The summed E-state index contributed by atoms with van der Waals surface area (Å²) in [6.45, 7) is 1.69. The lowest BCUT2D eigenvalue weighted by molar-refractivity contribution is -0.384. The molecule has 0 atom stereocenters. The van der Waals surface area contributed by atoms with Crippen LogP contribution in [-0.2, 0) is 11.2 Å². The van der Waals surface area contributed by atoms with E-state index in [2.05, 4.69) is 20.9 Å². The minimum atomic E-state index is -0.460. The number of anilines is 2. The number of benzene rings is 3. The van der Waals surface area contributed by atoms with Gasteiger partial charge in [0.2, 0.25) is 0 Å². The summed E-state index contributed by atoms with van der Waals surface area (Å²) in [5, 5.41) is 20.8. The highest BCUT2D eigenvalue weighted by Gasteiger charge is 2.30. The monoisotopic (exact) mass is 439 g/mol. The van der Waals surface area contributed by atoms with E-state index in [0.29, 0.717) is 22.5 Å². The summed E-state index contributed by atoms with van der Waals surface area (Å²) in [6.07, 6.45) is 0.742. The van der Waals surface area contributed by atoms with Gasteiger partial charge in [0.25, 0.3) is 11.6 Å². The van der Waals surface area contributed by atoms with Crippen LogP contribution in [0.1, 0.15) is 16.7 Å². The molecule has 8 nitrogen and oxygen atoms in total. The highest BCUT2D eigenvalue weighted by Crippen LogP contribution is 2.39. The summed E-state index contributed by atoms with van der Waals surface area (Å²) in [6, 6.07) is 21.8. The molecule has 0 spiro atoms. The second-order valence-electron chi connectivity index (χ2n) is 7.81. The number of nitro groups is 1. The molecule has 0 radical (unpaired) electrons. The topological polar surface area (TPSA) is 109 Å². The number of hydrogen-bond donors (Lipinski definition) is 3. The van der Waals surface area contributed by atoms with Gasteiger partial charge < -0.3 is 16.0 Å². The Bertz CT molecular complexity index is 1300. The largest absolute Gasteiger partial charge is 0.372 e. The average Bonchev–Trinajstić information content (AvgIpc) is 3.45. The van der Waals surface area contributed by atoms with E-state index in [0.717, 1.165) is 42.2 Å². The maximum absolute atomic E-state index is 13.0. The number of nitro benzene ring substituents is 1. The molecule has 2 heterocycles. The smallest absolute Gasteiger partial charge is 0.270 e. The van der Waals surface area contributed by atoms with E-state index in [-0.39, 0.29) is 11.6 Å². The van der Waals surface area contributed by atoms with Crippen LogP contribution in [0.3, 0.4) is 0 Å². The first-order valence-electron chi connectivity index (χ1n) is 10.6. The SMILES string of the molecule is O=C1Nc2ccc([N+](=O)[O-])cc2C1=C(Nc1ccc(CC2=NCCN2)cc1)c1ccccc1. The summed E-state index contributed by atoms with van der Waals surface area (Å²) in [7, 11) is 0. The standard InChI is InChI=1S/C25H21N5O3/c31-25-23(20-15-19(30(32)33)10-11-21(20)29-25)24(17-4-2-1-3-5-17)28-18-8-6-16(7-9-18)14-22-26-12-13-27-22/h1-11,15,28H,12-14H2,(H,26,27)(H,29,31). The number of carbonyl (C=O) groups excluding carboxylic acids is 1. The Morgan fingerprint density at radius 1 is 1.06 bits per heavy atom. The number of fused-ring (bicyclic) bond motifs is 1. The Balaban J connectivity index is 1.54. The molecule has 0 fully saturated rings. The van der Waals surface area contributed by atoms with Gasteiger partial charge in [0.15, 0.2) is 0 Å². The molecule has 2 aliphatic rings. The van der Waals surface area contributed by atoms with Crippen LogP contribution in [0.4, 0.5) is 17.1 Å². The van der Waals surface area contributed by atoms with E-state index in [1.165, 1.54) is 12.1 Å². The molecular formula is C25H21N5O3. The summed E-state index contributed by atoms with van der Waals surface area (Å²) in [4.78, 5) is 28.3. The van der Waals surface area contributed by atoms with E-state index in [1.807, 2.05) is 54.6 Å². The maximum atomic E-state index is 13.0. The molecule has 0 aromatic heterocycles. The van der Waals surface area contributed by atoms with Crippen molar-refractivity contribution in [2.75, 3.05) is 23.7 Å². The van der Waals surface area contributed by atoms with Crippen LogP contribution in [0.2, 0.25) is 0 Å². The van der Waals surface area contributed by atoms with Gasteiger partial charge in [0.05, 0.1) is 22.7 Å². The molecule has 0 aliphatic carbocycles. The molecule has 2 aliphatic heterocycles. The molecule has 8 heteroatoms. The van der Waals surface area contributed by atoms with Crippen LogP contribution in [-0.4, -0.2) is 29.8 Å². The van der Waals surface area contributed by atoms with Gasteiger partial charge in [-0.25, -0.2) is 0 Å². The lowest BCUT2D eigenvalue weighted by atomic mass is 9.99. The summed E-state index contributed by atoms with van der Waals surface area (Å²) in [5.74, 6) is 0.683. The van der Waals surface area contributed by atoms with Gasteiger partial charge in [-0.1, -0.05) is 42.5 Å². The minimum Gasteiger partial charge on any atom is -0.372 e. The Kier molecular flexibility index (Phi) is 5.32. The third-order valence-corrected chi connectivity index (χ3v) is 5.61. The fraction of sp³-hybridized carbons (Fsp3) is 0.120. The van der Waals surface area contributed by atoms with Crippen LogP contribution in [0.15, 0.2) is 77.8 Å². The number of hydrogen-bond acceptors (Lipinski definition) is 6. The summed E-state index contributed by atoms with van der Waals surface area (Å²) < 4.78 is 0. The van der Waals surface area contributed by atoms with Crippen LogP contribution in [0, 0.1) is 10.1 Å². The fourth-order valence-corrected chi connectivity index (χ4v) is 4.01. The lowest BCUT2D eigenvalue weighted by Gasteiger charge is -2.15. The highest BCUT2D eigenvalue weighted by molar-refractivity contribution is 6.37. The molecule has 0 saturated heterocycles. The van der Waals surface area contributed by atoms with Gasteiger partial charge in [-0.3, -0.25) is 19.9 Å². The van der Waals surface area contributed by atoms with Crippen molar-refractivity contribution in [1.29, 1.82) is 0 Å². The third-order valence-electron chi connectivity index (χ3n) is 5.61. The minimum absolute atomic E-state index is 0.0667. The zero-order valence-corrected chi connectivity index (χ0v) is 17.7. The van der Waals surface area contributed by atoms with Crippen LogP contribution in [0.25, 0.3) is 11.3 Å². The first kappa shape index (κ1) is 20.4. The first-order chi connectivity index (χ1) is 16.1. The molecule has 0 unspecified atom stereocenters. The van der Waals surface area contributed by atoms with Gasteiger partial charge in [-0.2, -0.15) is 0 Å². The number of nitrogens with zero attached hydrogens (tertiary/aromatic N) is 2. The van der Waals surface area contributed by atoms with Crippen molar-refractivity contribution in [1.82, 2.24) is 5.32 Å². The Morgan fingerprint density at radius 3 is 2.55 bits per heavy atom. The number of rotatable bonds is 6. The fourth-order valence-electron chi connectivity index (χ4n) is 4.01. The van der Waals surface area contributed by atoms with Crippen LogP contribution in [0.5, 0.6) is 0 Å². The molecular weight excluding hydrogens is 418 g/mol. The second kappa shape index (κ2) is 8.58. The highest BCUT2D eigenvalue weighted by atomic mass is 16.6. The molecule has 3 aromatic carbocycles. The van der Waals surface area contributed by atoms with Crippen molar-refractivity contribution < 1.29 is 9.72 Å². The first-order valence-corrected chi connectivity index (χ1v) is 10.6. The van der Waals surface area contributed by atoms with Crippen molar-refractivity contribution in [2.45, 2.75) is 6.42 Å². The predicted molar refractivity (Wildman–Crippen MR) is 129 cm³/mol. The van der Waals surface area contributed by atoms with Crippen LogP contribution >= 0.6 is 0 Å². The van der Waals surface area contributed by atoms with Gasteiger partial charge in [-0.05, 0) is 29.3 Å². The Hall–Kier alpha value is -4.46. The number of amidine groups is 1. The number of carbonyl (C=O) groups is 1. The van der Waals surface area contributed by atoms with Crippen LogP contribution < -0.4 is 16.0 Å². The maximum Gasteiger partial charge on any atom is 0.270 e. The van der Waals surface area contributed by atoms with Gasteiger partial charge >= 0.3 is 0 Å². The Morgan fingerprint density at radius 2 is 1.85 bits per heavy atom. The lowest BCUT2D eigenvalue weighted by Crippen LogP contribution is -2.20. The molecule has 1 amide bonds.